The van der Waals surface area contributed by atoms with Gasteiger partial charge < -0.3 is 0 Å². The first-order chi connectivity index (χ1) is 3.96. The van der Waals surface area contributed by atoms with Crippen LogP contribution >= 0.6 is 11.8 Å². The Morgan fingerprint density at radius 2 is 2.11 bits per heavy atom. The quantitative estimate of drug-likeness (QED) is 0.606. The highest BCUT2D eigenvalue weighted by Crippen LogP contribution is 2.39. The minimum atomic E-state index is -3.39. The van der Waals surface area contributed by atoms with Crippen LogP contribution in [-0.2, 0) is 10.0 Å². The summed E-state index contributed by atoms with van der Waals surface area (Å²) < 4.78 is 20.4. The number of primary sulfonamides is 1. The summed E-state index contributed by atoms with van der Waals surface area (Å²) >= 11 is 1.22. The molecular formula is C4H7NO2S2. The van der Waals surface area contributed by atoms with Crippen molar-refractivity contribution in [2.75, 3.05) is 0 Å². The van der Waals surface area contributed by atoms with Crippen LogP contribution < -0.4 is 5.14 Å². The summed E-state index contributed by atoms with van der Waals surface area (Å²) in [5.74, 6) is 0. The van der Waals surface area contributed by atoms with Gasteiger partial charge in [0.1, 0.15) is 0 Å². The molecule has 0 aromatic heterocycles. The van der Waals surface area contributed by atoms with E-state index in [1.54, 1.807) is 18.4 Å². The Hall–Kier alpha value is -0.0000000000000000555. The summed E-state index contributed by atoms with van der Waals surface area (Å²) in [6.45, 7) is 1.58. The molecule has 0 aromatic rings. The lowest BCUT2D eigenvalue weighted by Gasteiger charge is -2.26. The van der Waals surface area contributed by atoms with Gasteiger partial charge in [0, 0.05) is 0 Å². The zero-order valence-corrected chi connectivity index (χ0v) is 6.50. The summed E-state index contributed by atoms with van der Waals surface area (Å²) in [5, 5.41) is 6.59. The van der Waals surface area contributed by atoms with Crippen molar-refractivity contribution in [2.45, 2.75) is 11.0 Å². The van der Waals surface area contributed by atoms with Crippen molar-refractivity contribution in [3.8, 4) is 0 Å². The monoisotopic (exact) mass is 165 g/mol. The highest BCUT2D eigenvalue weighted by Gasteiger charge is 2.38. The average Bonchev–Trinajstić information content (AvgIpc) is 1.57. The second kappa shape index (κ2) is 1.74. The molecule has 1 aliphatic heterocycles. The van der Waals surface area contributed by atoms with E-state index in [1.807, 2.05) is 0 Å². The first kappa shape index (κ1) is 7.11. The van der Waals surface area contributed by atoms with E-state index in [-0.39, 0.29) is 0 Å². The largest absolute Gasteiger partial charge is 0.228 e. The van der Waals surface area contributed by atoms with E-state index < -0.39 is 14.1 Å². The maximum absolute atomic E-state index is 10.6. The first-order valence-electron chi connectivity index (χ1n) is 2.33. The molecule has 0 aromatic carbocycles. The fourth-order valence-electron chi connectivity index (χ4n) is 0.422. The van der Waals surface area contributed by atoms with Crippen molar-refractivity contribution < 1.29 is 8.42 Å². The molecule has 0 bridgehead atoms. The van der Waals surface area contributed by atoms with E-state index in [2.05, 4.69) is 0 Å². The maximum atomic E-state index is 10.6. The van der Waals surface area contributed by atoms with Gasteiger partial charge in [0.2, 0.25) is 10.0 Å². The molecule has 1 heterocycles. The van der Waals surface area contributed by atoms with Crippen LogP contribution in [0.15, 0.2) is 11.5 Å². The Bertz CT molecular complexity index is 243. The van der Waals surface area contributed by atoms with Crippen LogP contribution in [0.5, 0.6) is 0 Å². The van der Waals surface area contributed by atoms with Crippen molar-refractivity contribution in [3.63, 3.8) is 0 Å². The van der Waals surface area contributed by atoms with Gasteiger partial charge in [-0.25, -0.2) is 13.6 Å². The molecule has 3 nitrogen and oxygen atoms in total. The van der Waals surface area contributed by atoms with Gasteiger partial charge in [0.25, 0.3) is 0 Å². The third-order valence-electron chi connectivity index (χ3n) is 1.24. The minimum Gasteiger partial charge on any atom is -0.227 e. The van der Waals surface area contributed by atoms with Gasteiger partial charge in [-0.15, -0.1) is 11.8 Å². The maximum Gasteiger partial charge on any atom is 0.228 e. The molecule has 1 aliphatic rings. The second-order valence-electron chi connectivity index (χ2n) is 1.98. The van der Waals surface area contributed by atoms with E-state index >= 15 is 0 Å². The molecule has 9 heavy (non-hydrogen) atoms. The lowest BCUT2D eigenvalue weighted by molar-refractivity contribution is 0.588. The predicted octanol–water partition coefficient (Wildman–Crippen LogP) is 0.252. The number of thioether (sulfide) groups is 1. The predicted molar refractivity (Wildman–Crippen MR) is 38.2 cm³/mol. The van der Waals surface area contributed by atoms with Crippen LogP contribution in [0.4, 0.5) is 0 Å². The van der Waals surface area contributed by atoms with E-state index in [9.17, 15) is 8.42 Å². The molecule has 52 valence electrons. The number of hydrogen-bond donors (Lipinski definition) is 1. The van der Waals surface area contributed by atoms with Crippen LogP contribution in [0.25, 0.3) is 0 Å². The molecule has 2 N–H and O–H groups in total. The Balaban J connectivity index is 3.00. The van der Waals surface area contributed by atoms with Gasteiger partial charge in [0.05, 0.1) is 0 Å². The number of hydrogen-bond acceptors (Lipinski definition) is 3. The molecule has 1 atom stereocenters. The van der Waals surface area contributed by atoms with E-state index in [0.717, 1.165) is 0 Å². The Kier molecular flexibility index (Phi) is 1.38. The molecule has 0 saturated carbocycles. The summed E-state index contributed by atoms with van der Waals surface area (Å²) in [6.07, 6.45) is 1.58. The molecule has 0 saturated heterocycles. The third kappa shape index (κ3) is 0.997. The fraction of sp³-hybridized carbons (Fsp3) is 0.500. The molecule has 1 rings (SSSR count). The van der Waals surface area contributed by atoms with Gasteiger partial charge in [-0.1, -0.05) is 0 Å². The van der Waals surface area contributed by atoms with Gasteiger partial charge >= 0.3 is 0 Å². The fourth-order valence-corrected chi connectivity index (χ4v) is 2.00. The number of sulfonamides is 1. The highest BCUT2D eigenvalue weighted by molar-refractivity contribution is 8.17. The Morgan fingerprint density at radius 3 is 2.11 bits per heavy atom. The van der Waals surface area contributed by atoms with Crippen molar-refractivity contribution in [1.82, 2.24) is 0 Å². The number of rotatable bonds is 1. The molecule has 0 spiro atoms. The van der Waals surface area contributed by atoms with Crippen LogP contribution in [0.1, 0.15) is 6.92 Å². The first-order valence-corrected chi connectivity index (χ1v) is 4.76. The van der Waals surface area contributed by atoms with E-state index in [4.69, 9.17) is 5.14 Å². The zero-order chi connectivity index (χ0) is 7.12. The highest BCUT2D eigenvalue weighted by atomic mass is 32.3. The van der Waals surface area contributed by atoms with Crippen LogP contribution in [0, 0.1) is 0 Å². The summed E-state index contributed by atoms with van der Waals surface area (Å²) in [4.78, 5) is 0. The van der Waals surface area contributed by atoms with Gasteiger partial charge in [0.15, 0.2) is 4.08 Å². The minimum absolute atomic E-state index is 0.854. The lowest BCUT2D eigenvalue weighted by Crippen LogP contribution is -2.38. The van der Waals surface area contributed by atoms with Gasteiger partial charge in [-0.3, -0.25) is 0 Å². The smallest absolute Gasteiger partial charge is 0.227 e. The topological polar surface area (TPSA) is 60.2 Å². The molecule has 0 fully saturated rings. The number of nitrogens with two attached hydrogens (primary N) is 1. The van der Waals surface area contributed by atoms with E-state index in [0.29, 0.717) is 0 Å². The summed E-state index contributed by atoms with van der Waals surface area (Å²) in [7, 11) is -3.39. The third-order valence-corrected chi connectivity index (χ3v) is 4.37. The van der Waals surface area contributed by atoms with Crippen LogP contribution in [0.2, 0.25) is 0 Å². The van der Waals surface area contributed by atoms with Gasteiger partial charge in [-0.2, -0.15) is 0 Å². The lowest BCUT2D eigenvalue weighted by atomic mass is 10.4. The standard InChI is InChI=1S/C4H7NO2S2/c1-4(2-3-8-4)9(5,6)7/h2-3H,1H3,(H2,5,6,7). The second-order valence-corrected chi connectivity index (χ2v) is 5.53. The van der Waals surface area contributed by atoms with Crippen molar-refractivity contribution >= 4 is 21.8 Å². The van der Waals surface area contributed by atoms with Crippen molar-refractivity contribution in [2.24, 2.45) is 5.14 Å². The molecule has 1 unspecified atom stereocenters. The zero-order valence-electron chi connectivity index (χ0n) is 4.87. The normalized spacial score (nSPS) is 34.0. The van der Waals surface area contributed by atoms with Crippen molar-refractivity contribution in [1.29, 1.82) is 0 Å². The van der Waals surface area contributed by atoms with Crippen LogP contribution in [0.3, 0.4) is 0 Å². The summed E-state index contributed by atoms with van der Waals surface area (Å²) in [5.41, 5.74) is 0. The molecular weight excluding hydrogens is 158 g/mol. The Labute approximate surface area is 58.4 Å². The van der Waals surface area contributed by atoms with Crippen LogP contribution in [-0.4, -0.2) is 12.5 Å². The Morgan fingerprint density at radius 1 is 1.67 bits per heavy atom. The van der Waals surface area contributed by atoms with Gasteiger partial charge in [-0.05, 0) is 18.4 Å². The average molecular weight is 165 g/mol. The summed E-state index contributed by atoms with van der Waals surface area (Å²) in [6, 6.07) is 0. The SMILES string of the molecule is CC1(S(N)(=O)=O)C=CS1. The molecule has 0 aliphatic carbocycles. The molecule has 0 amide bonds. The molecule has 5 heteroatoms. The van der Waals surface area contributed by atoms with Crippen molar-refractivity contribution in [3.05, 3.63) is 11.5 Å². The van der Waals surface area contributed by atoms with E-state index in [1.165, 1.54) is 11.8 Å². The molecule has 0 radical (unpaired) electrons.